The van der Waals surface area contributed by atoms with Crippen molar-refractivity contribution in [2.24, 2.45) is 0 Å². The number of nitrogens with zero attached hydrogens (tertiary/aromatic N) is 12. The summed E-state index contributed by atoms with van der Waals surface area (Å²) in [5, 5.41) is 32.9. The highest BCUT2D eigenvalue weighted by Gasteiger charge is 2.38. The molecule has 0 unspecified atom stereocenters. The monoisotopic (exact) mass is 1770 g/mol. The third-order valence-corrected chi connectivity index (χ3v) is 29.5. The summed E-state index contributed by atoms with van der Waals surface area (Å²) in [7, 11) is 0. The Morgan fingerprint density at radius 2 is 0.489 bits per heavy atom. The third-order valence-electron chi connectivity index (χ3n) is 29.5. The number of benzene rings is 24. The van der Waals surface area contributed by atoms with Gasteiger partial charge in [0.1, 0.15) is 11.2 Å². The Labute approximate surface area is 793 Å². The van der Waals surface area contributed by atoms with E-state index in [1.807, 2.05) is 127 Å². The zero-order valence-electron chi connectivity index (χ0n) is 75.0. The van der Waals surface area contributed by atoms with Crippen molar-refractivity contribution in [3.05, 3.63) is 424 Å². The molecule has 0 fully saturated rings. The van der Waals surface area contributed by atoms with Crippen molar-refractivity contribution in [3.8, 4) is 108 Å². The van der Waals surface area contributed by atoms with Crippen molar-refractivity contribution in [2.75, 3.05) is 0 Å². The molecule has 7 heterocycles. The highest BCUT2D eigenvalue weighted by atomic mass is 16.3. The number of rotatable bonds is 10. The summed E-state index contributed by atoms with van der Waals surface area (Å²) >= 11 is 0. The molecule has 24 aromatic carbocycles. The van der Waals surface area contributed by atoms with Gasteiger partial charge < -0.3 is 8.98 Å². The van der Waals surface area contributed by atoms with Crippen molar-refractivity contribution in [2.45, 2.75) is 19.3 Å². The zero-order chi connectivity index (χ0) is 91.1. The minimum absolute atomic E-state index is 0.125. The molecule has 0 spiro atoms. The van der Waals surface area contributed by atoms with Crippen LogP contribution in [0.5, 0.6) is 0 Å². The van der Waals surface area contributed by atoms with E-state index in [0.717, 1.165) is 88.6 Å². The maximum absolute atomic E-state index is 6.26. The Balaban J connectivity index is 0.0000000983. The molecular formula is C126H74N12O. The minimum Gasteiger partial charge on any atom is -0.456 e. The van der Waals surface area contributed by atoms with Crippen LogP contribution in [-0.2, 0) is 5.41 Å². The van der Waals surface area contributed by atoms with Crippen LogP contribution in [0, 0.1) is 0 Å². The molecule has 0 amide bonds. The van der Waals surface area contributed by atoms with Gasteiger partial charge in [0.15, 0.2) is 40.8 Å². The number of fused-ring (bicyclic) bond motifs is 9. The van der Waals surface area contributed by atoms with Crippen molar-refractivity contribution in [1.29, 1.82) is 0 Å². The molecule has 1 aliphatic carbocycles. The van der Waals surface area contributed by atoms with Gasteiger partial charge in [0.25, 0.3) is 0 Å². The van der Waals surface area contributed by atoms with Crippen molar-refractivity contribution < 1.29 is 4.42 Å². The molecule has 0 atom stereocenters. The molecule has 139 heavy (non-hydrogen) atoms. The van der Waals surface area contributed by atoms with E-state index in [9.17, 15) is 0 Å². The number of para-hydroxylation sites is 1. The van der Waals surface area contributed by atoms with E-state index in [4.69, 9.17) is 49.3 Å². The van der Waals surface area contributed by atoms with E-state index >= 15 is 0 Å². The van der Waals surface area contributed by atoms with E-state index in [0.29, 0.717) is 52.7 Å². The van der Waals surface area contributed by atoms with Crippen LogP contribution in [0.25, 0.3) is 293 Å². The number of hydrogen-bond donors (Lipinski definition) is 0. The molecule has 13 heteroatoms. The van der Waals surface area contributed by atoms with Gasteiger partial charge in [-0.2, -0.15) is 19.9 Å². The van der Waals surface area contributed by atoms with Gasteiger partial charge in [0.05, 0.1) is 33.1 Å². The van der Waals surface area contributed by atoms with Crippen LogP contribution in [0.3, 0.4) is 0 Å². The highest BCUT2D eigenvalue weighted by molar-refractivity contribution is 6.43. The molecule has 0 N–H and O–H groups in total. The Kier molecular flexibility index (Phi) is 16.2. The summed E-state index contributed by atoms with van der Waals surface area (Å²) in [6, 6.07) is 146. The van der Waals surface area contributed by atoms with Gasteiger partial charge >= 0.3 is 0 Å². The molecule has 13 nitrogen and oxygen atoms in total. The number of furan rings is 1. The Bertz CT molecular complexity index is 10400. The molecule has 1 aliphatic rings. The van der Waals surface area contributed by atoms with E-state index in [1.165, 1.54) is 163 Å². The lowest BCUT2D eigenvalue weighted by Crippen LogP contribution is -2.14. The topological polar surface area (TPSA) is 144 Å². The predicted molar refractivity (Wildman–Crippen MR) is 570 cm³/mol. The smallest absolute Gasteiger partial charge is 0.238 e. The lowest BCUT2D eigenvalue weighted by atomic mass is 9.82. The zero-order valence-corrected chi connectivity index (χ0v) is 75.0. The summed E-state index contributed by atoms with van der Waals surface area (Å²) in [5.41, 5.74) is 21.2. The molecule has 0 saturated carbocycles. The van der Waals surface area contributed by atoms with Crippen LogP contribution in [0.1, 0.15) is 25.0 Å². The summed E-state index contributed by atoms with van der Waals surface area (Å²) in [6.07, 6.45) is 0. The molecule has 0 aliphatic heterocycles. The Morgan fingerprint density at radius 1 is 0.187 bits per heavy atom. The van der Waals surface area contributed by atoms with Crippen LogP contribution < -0.4 is 0 Å². The molecular weight excluding hydrogens is 1700 g/mol. The fourth-order valence-electron chi connectivity index (χ4n) is 23.5. The second-order valence-corrected chi connectivity index (χ2v) is 37.2. The van der Waals surface area contributed by atoms with E-state index in [-0.39, 0.29) is 5.41 Å². The van der Waals surface area contributed by atoms with Gasteiger partial charge in [-0.1, -0.05) is 354 Å². The van der Waals surface area contributed by atoms with E-state index in [1.54, 1.807) is 0 Å². The second-order valence-electron chi connectivity index (χ2n) is 37.2. The fraction of sp³-hybridized carbons (Fsp3) is 0.0238. The summed E-state index contributed by atoms with van der Waals surface area (Å²) in [6.45, 7) is 4.62. The first-order chi connectivity index (χ1) is 68.7. The standard InChI is InChI=1S/C44H28N4.C41H22N4O.C41H24N4/c1-44(2)32-18-7-6-14-30(32)38-31(17-9-19-33(38)44)42-45-41(27-11-4-3-5-12-27)46-43(47-42)48-34-20-10-16-29-28-15-8-13-25-21-22-26-23-24-35(48)40(39(29)34)37(26)36(25)28;1-2-9-25(10-3-1)39-42-40(29-15-8-18-33-36(29)28-12-4-5-17-32(28)46-33)44-41(43-39)45-30-16-7-14-27-26-13-6-11-23-19-20-24-21-22-31(45)38(37(27)30)35(24)34(23)26;1-3-9-27(10-4-1)39-42-40(28-11-5-2-6-12-28)44-41(43-39)29-19-22-30(23-20-29)45-33-16-8-15-32-31-14-7-13-25-17-18-26-21-24-34(45)38(37(32)33)36(26)35(25)31/h3-24H,1-2H3;1-22H;1-24H. The van der Waals surface area contributed by atoms with Crippen LogP contribution in [0.2, 0.25) is 0 Å². The molecule has 644 valence electrons. The summed E-state index contributed by atoms with van der Waals surface area (Å²) in [4.78, 5) is 46.1. The molecule has 0 saturated heterocycles. The fourth-order valence-corrected chi connectivity index (χ4v) is 23.5. The number of aromatic nitrogens is 12. The Morgan fingerprint density at radius 3 is 0.957 bits per heavy atom. The Hall–Kier alpha value is -18.6. The van der Waals surface area contributed by atoms with Gasteiger partial charge in [-0.05, 0) is 176 Å². The lowest BCUT2D eigenvalue weighted by molar-refractivity contribution is 0.660. The van der Waals surface area contributed by atoms with Crippen molar-refractivity contribution in [3.63, 3.8) is 0 Å². The van der Waals surface area contributed by atoms with Crippen LogP contribution >= 0.6 is 0 Å². The maximum Gasteiger partial charge on any atom is 0.238 e. The first-order valence-corrected chi connectivity index (χ1v) is 47.2. The average Bonchev–Trinajstić information content (AvgIpc) is 1.60. The maximum atomic E-state index is 6.26. The minimum atomic E-state index is -0.125. The predicted octanol–water partition coefficient (Wildman–Crippen LogP) is 31.8. The normalized spacial score (nSPS) is 12.7. The SMILES string of the molecule is CC1(C)c2ccccc2-c2c(-c3nc(-c4ccccc4)nc(-n4c5cccc6c7cccc8ccc9ccc4c(c9c87)c65)n3)cccc21.c1ccc(-c2nc(-c3cccc4oc5ccccc5c34)nc(-n3c4cccc5c6cccc7ccc8ccc3c(c8c76)c54)n2)cc1.c1ccc(-c2nc(-c3ccccc3)nc(-c3ccc(-n4c5cccc6c7cccc8ccc9ccc4c(c9c87)c65)cc3)n2)cc1. The lowest BCUT2D eigenvalue weighted by Gasteiger charge is -2.21. The molecule has 31 aromatic rings. The van der Waals surface area contributed by atoms with E-state index < -0.39 is 0 Å². The summed E-state index contributed by atoms with van der Waals surface area (Å²) in [5.74, 6) is 5.75. The van der Waals surface area contributed by atoms with Crippen LogP contribution in [0.4, 0.5) is 0 Å². The second kappa shape index (κ2) is 29.2. The first-order valence-electron chi connectivity index (χ1n) is 47.2. The van der Waals surface area contributed by atoms with Gasteiger partial charge in [-0.15, -0.1) is 0 Å². The average molecular weight is 1770 g/mol. The molecule has 0 radical (unpaired) electrons. The van der Waals surface area contributed by atoms with Gasteiger partial charge in [0.2, 0.25) is 11.9 Å². The molecule has 7 aromatic heterocycles. The van der Waals surface area contributed by atoms with Crippen LogP contribution in [0.15, 0.2) is 417 Å². The van der Waals surface area contributed by atoms with Gasteiger partial charge in [-0.3, -0.25) is 9.13 Å². The first kappa shape index (κ1) is 76.9. The molecule has 32 rings (SSSR count). The quantitative estimate of drug-likeness (QED) is 0.0958. The van der Waals surface area contributed by atoms with Crippen molar-refractivity contribution >= 4 is 184 Å². The molecule has 0 bridgehead atoms. The van der Waals surface area contributed by atoms with Gasteiger partial charge in [-0.25, -0.2) is 24.9 Å². The number of hydrogen-bond acceptors (Lipinski definition) is 10. The van der Waals surface area contributed by atoms with Crippen LogP contribution in [-0.4, -0.2) is 58.6 Å². The largest absolute Gasteiger partial charge is 0.456 e. The van der Waals surface area contributed by atoms with Gasteiger partial charge in [0, 0.05) is 109 Å². The van der Waals surface area contributed by atoms with E-state index in [2.05, 4.69) is 313 Å². The summed E-state index contributed by atoms with van der Waals surface area (Å²) < 4.78 is 13.1. The highest BCUT2D eigenvalue weighted by Crippen LogP contribution is 2.55. The van der Waals surface area contributed by atoms with Crippen molar-refractivity contribution in [1.82, 2.24) is 58.6 Å². The third kappa shape index (κ3) is 11.2.